The maximum absolute atomic E-state index is 14.1. The first-order valence-electron chi connectivity index (χ1n) is 19.1. The number of alkyl carbamates (subject to hydrolysis) is 2. The highest BCUT2D eigenvalue weighted by molar-refractivity contribution is 5.95. The molecule has 1 aliphatic rings. The van der Waals surface area contributed by atoms with Gasteiger partial charge in [-0.15, -0.1) is 0 Å². The van der Waals surface area contributed by atoms with Gasteiger partial charge in [-0.1, -0.05) is 74.9 Å². The standard InChI is InChI=1S/C41H63N5O9/c1-26(2)23-31(34(47)43-30(37(50)51)21-15-16-22-42-38(52)54-40(4,5)6)44-36(49)33(25-29-20-14-13-17-27(29)3)45-35(48)32(24-28-18-11-10-12-19-28)46-39(53)55-41(7,8)9/h10-14,18-20,26-27,30-33H,15-17,21-25H2,1-9H3,(H,42,52)(H,43,47)(H,44,49)(H,45,48)(H,46,53)(H,50,51)/t27?,30-,31-,32-,33-/m1/s1. The highest BCUT2D eigenvalue weighted by atomic mass is 16.6. The van der Waals surface area contributed by atoms with E-state index in [1.807, 2.05) is 69.3 Å². The third-order valence-corrected chi connectivity index (χ3v) is 8.47. The van der Waals surface area contributed by atoms with Crippen LogP contribution in [0.2, 0.25) is 0 Å². The van der Waals surface area contributed by atoms with E-state index in [0.29, 0.717) is 12.8 Å². The van der Waals surface area contributed by atoms with Crippen LogP contribution in [0.4, 0.5) is 9.59 Å². The summed E-state index contributed by atoms with van der Waals surface area (Å²) >= 11 is 0. The molecule has 0 saturated heterocycles. The van der Waals surface area contributed by atoms with Crippen molar-refractivity contribution >= 4 is 35.9 Å². The topological polar surface area (TPSA) is 201 Å². The van der Waals surface area contributed by atoms with Crippen molar-refractivity contribution in [1.29, 1.82) is 0 Å². The lowest BCUT2D eigenvalue weighted by molar-refractivity contribution is -0.142. The number of rotatable bonds is 19. The number of carbonyl (C=O) groups excluding carboxylic acids is 5. The molecular formula is C41H63N5O9. The summed E-state index contributed by atoms with van der Waals surface area (Å²) in [5.74, 6) is -3.14. The van der Waals surface area contributed by atoms with Gasteiger partial charge >= 0.3 is 18.2 Å². The Balaban J connectivity index is 2.26. The minimum absolute atomic E-state index is 0.0641. The van der Waals surface area contributed by atoms with Gasteiger partial charge in [0, 0.05) is 13.0 Å². The summed E-state index contributed by atoms with van der Waals surface area (Å²) in [5.41, 5.74) is 0.222. The molecule has 1 aromatic carbocycles. The molecule has 0 bridgehead atoms. The molecule has 5 amide bonds. The van der Waals surface area contributed by atoms with Crippen LogP contribution in [0, 0.1) is 11.8 Å². The molecule has 0 spiro atoms. The minimum Gasteiger partial charge on any atom is -0.480 e. The summed E-state index contributed by atoms with van der Waals surface area (Å²) in [6.07, 6.45) is 6.56. The van der Waals surface area contributed by atoms with Crippen molar-refractivity contribution in [2.75, 3.05) is 6.54 Å². The van der Waals surface area contributed by atoms with Gasteiger partial charge in [0.25, 0.3) is 0 Å². The molecule has 0 fully saturated rings. The summed E-state index contributed by atoms with van der Waals surface area (Å²) in [6, 6.07) is 4.52. The second kappa shape index (κ2) is 21.9. The molecule has 14 heteroatoms. The lowest BCUT2D eigenvalue weighted by Crippen LogP contribution is -2.58. The molecule has 306 valence electrons. The van der Waals surface area contributed by atoms with Crippen LogP contribution >= 0.6 is 0 Å². The van der Waals surface area contributed by atoms with E-state index in [0.717, 1.165) is 17.6 Å². The van der Waals surface area contributed by atoms with Crippen molar-refractivity contribution < 1.29 is 43.3 Å². The molecule has 2 rings (SSSR count). The maximum atomic E-state index is 14.1. The van der Waals surface area contributed by atoms with E-state index in [1.54, 1.807) is 41.5 Å². The molecule has 5 atom stereocenters. The van der Waals surface area contributed by atoms with Crippen molar-refractivity contribution in [2.45, 2.75) is 143 Å². The number of hydrogen-bond acceptors (Lipinski definition) is 8. The van der Waals surface area contributed by atoms with Crippen molar-refractivity contribution in [2.24, 2.45) is 11.8 Å². The Hall–Kier alpha value is -4.88. The minimum atomic E-state index is -1.24. The molecular weight excluding hydrogens is 706 g/mol. The fourth-order valence-electron chi connectivity index (χ4n) is 5.77. The van der Waals surface area contributed by atoms with E-state index in [1.165, 1.54) is 0 Å². The van der Waals surface area contributed by atoms with Gasteiger partial charge in [0.1, 0.15) is 35.4 Å². The largest absolute Gasteiger partial charge is 0.480 e. The lowest BCUT2D eigenvalue weighted by Gasteiger charge is -2.29. The number of carboxylic acids is 1. The summed E-state index contributed by atoms with van der Waals surface area (Å²) in [5, 5.41) is 23.4. The monoisotopic (exact) mass is 769 g/mol. The third kappa shape index (κ3) is 18.8. The summed E-state index contributed by atoms with van der Waals surface area (Å²) in [6.45, 7) is 16.4. The van der Waals surface area contributed by atoms with Crippen molar-refractivity contribution in [3.05, 3.63) is 59.7 Å². The Bertz CT molecular complexity index is 1510. The zero-order chi connectivity index (χ0) is 41.3. The van der Waals surface area contributed by atoms with Gasteiger partial charge in [0.15, 0.2) is 0 Å². The van der Waals surface area contributed by atoms with E-state index in [4.69, 9.17) is 9.47 Å². The lowest BCUT2D eigenvalue weighted by atomic mass is 9.88. The molecule has 6 N–H and O–H groups in total. The van der Waals surface area contributed by atoms with E-state index in [-0.39, 0.29) is 44.1 Å². The first kappa shape index (κ1) is 46.3. The third-order valence-electron chi connectivity index (χ3n) is 8.47. The quantitative estimate of drug-likeness (QED) is 0.101. The Morgan fingerprint density at radius 3 is 1.85 bits per heavy atom. The van der Waals surface area contributed by atoms with Gasteiger partial charge in [-0.05, 0) is 97.5 Å². The molecule has 0 aromatic heterocycles. The molecule has 0 aliphatic heterocycles. The molecule has 14 nitrogen and oxygen atoms in total. The molecule has 1 aromatic rings. The highest BCUT2D eigenvalue weighted by Gasteiger charge is 2.33. The maximum Gasteiger partial charge on any atom is 0.408 e. The summed E-state index contributed by atoms with van der Waals surface area (Å²) < 4.78 is 10.6. The molecule has 0 radical (unpaired) electrons. The average Bonchev–Trinajstić information content (AvgIpc) is 3.06. The molecule has 0 saturated carbocycles. The fourth-order valence-corrected chi connectivity index (χ4v) is 5.77. The van der Waals surface area contributed by atoms with Crippen molar-refractivity contribution in [3.63, 3.8) is 0 Å². The number of nitrogens with one attached hydrogen (secondary N) is 5. The molecule has 1 aliphatic carbocycles. The fraction of sp³-hybridized carbons (Fsp3) is 0.610. The molecule has 0 heterocycles. The van der Waals surface area contributed by atoms with E-state index in [2.05, 4.69) is 26.6 Å². The Morgan fingerprint density at radius 1 is 0.745 bits per heavy atom. The Labute approximate surface area is 326 Å². The zero-order valence-electron chi connectivity index (χ0n) is 34.0. The normalized spacial score (nSPS) is 16.4. The van der Waals surface area contributed by atoms with Gasteiger partial charge in [0.2, 0.25) is 17.7 Å². The first-order chi connectivity index (χ1) is 25.6. The van der Waals surface area contributed by atoms with Gasteiger partial charge < -0.3 is 41.2 Å². The number of aliphatic carboxylic acids is 1. The zero-order valence-corrected chi connectivity index (χ0v) is 34.0. The van der Waals surface area contributed by atoms with Crippen molar-refractivity contribution in [3.8, 4) is 0 Å². The first-order valence-corrected chi connectivity index (χ1v) is 19.1. The van der Waals surface area contributed by atoms with Crippen LogP contribution in [0.15, 0.2) is 54.1 Å². The van der Waals surface area contributed by atoms with Crippen LogP contribution in [-0.2, 0) is 35.1 Å². The van der Waals surface area contributed by atoms with Gasteiger partial charge in [-0.25, -0.2) is 14.4 Å². The number of carbonyl (C=O) groups is 6. The number of allylic oxidation sites excluding steroid dienone is 3. The van der Waals surface area contributed by atoms with Crippen molar-refractivity contribution in [1.82, 2.24) is 26.6 Å². The number of unbranched alkanes of at least 4 members (excludes halogenated alkanes) is 1. The van der Waals surface area contributed by atoms with E-state index >= 15 is 0 Å². The Morgan fingerprint density at radius 2 is 1.29 bits per heavy atom. The van der Waals surface area contributed by atoms with E-state index < -0.39 is 71.2 Å². The Kier molecular flexibility index (Phi) is 18.4. The number of benzene rings is 1. The average molecular weight is 770 g/mol. The smallest absolute Gasteiger partial charge is 0.408 e. The number of hydrogen-bond donors (Lipinski definition) is 6. The van der Waals surface area contributed by atoms with E-state index in [9.17, 15) is 33.9 Å². The molecule has 1 unspecified atom stereocenters. The summed E-state index contributed by atoms with van der Waals surface area (Å²) in [7, 11) is 0. The van der Waals surface area contributed by atoms with Gasteiger partial charge in [0.05, 0.1) is 0 Å². The predicted molar refractivity (Wildman–Crippen MR) is 210 cm³/mol. The van der Waals surface area contributed by atoms with Gasteiger partial charge in [-0.2, -0.15) is 0 Å². The van der Waals surface area contributed by atoms with Crippen LogP contribution in [0.5, 0.6) is 0 Å². The van der Waals surface area contributed by atoms with Crippen LogP contribution < -0.4 is 26.6 Å². The van der Waals surface area contributed by atoms with Crippen LogP contribution in [0.1, 0.15) is 106 Å². The number of amides is 5. The SMILES string of the molecule is CC(C)C[C@@H](NC(=O)[C@@H](CC1=CC=CCC1C)NC(=O)[C@@H](Cc1ccccc1)NC(=O)OC(C)(C)C)C(=O)N[C@H](CCCCNC(=O)OC(C)(C)C)C(=O)O. The van der Waals surface area contributed by atoms with Crippen LogP contribution in [0.25, 0.3) is 0 Å². The number of carboxylic acid groups (broad SMARTS) is 1. The molecule has 55 heavy (non-hydrogen) atoms. The second-order valence-corrected chi connectivity index (χ2v) is 16.5. The number of ether oxygens (including phenoxy) is 2. The predicted octanol–water partition coefficient (Wildman–Crippen LogP) is 5.32. The van der Waals surface area contributed by atoms with Gasteiger partial charge in [-0.3, -0.25) is 14.4 Å². The second-order valence-electron chi connectivity index (χ2n) is 16.5. The van der Waals surface area contributed by atoms with Crippen LogP contribution in [0.3, 0.4) is 0 Å². The summed E-state index contributed by atoms with van der Waals surface area (Å²) in [4.78, 5) is 78.7. The highest BCUT2D eigenvalue weighted by Crippen LogP contribution is 2.24. The van der Waals surface area contributed by atoms with Crippen LogP contribution in [-0.4, -0.2) is 82.9 Å².